The molecule has 4 rings (SSSR count). The zero-order valence-electron chi connectivity index (χ0n) is 18.6. The van der Waals surface area contributed by atoms with E-state index in [9.17, 15) is 14.4 Å². The lowest BCUT2D eigenvalue weighted by molar-refractivity contribution is -0.116. The van der Waals surface area contributed by atoms with Crippen LogP contribution in [0.15, 0.2) is 47.5 Å². The van der Waals surface area contributed by atoms with E-state index < -0.39 is 0 Å². The second kappa shape index (κ2) is 10.4. The summed E-state index contributed by atoms with van der Waals surface area (Å²) in [4.78, 5) is 43.8. The average Bonchev–Trinajstić information content (AvgIpc) is 3.39. The lowest BCUT2D eigenvalue weighted by Gasteiger charge is -2.16. The Labute approximate surface area is 200 Å². The van der Waals surface area contributed by atoms with Crippen molar-refractivity contribution in [1.29, 1.82) is 0 Å². The van der Waals surface area contributed by atoms with Crippen molar-refractivity contribution in [2.45, 2.75) is 26.8 Å². The molecule has 0 unspecified atom stereocenters. The Balaban J connectivity index is 1.43. The van der Waals surface area contributed by atoms with Gasteiger partial charge >= 0.3 is 5.97 Å². The summed E-state index contributed by atoms with van der Waals surface area (Å²) in [6, 6.07) is 13.3. The van der Waals surface area contributed by atoms with Gasteiger partial charge in [0.05, 0.1) is 33.9 Å². The Bertz CT molecular complexity index is 1280. The number of fused-ring (bicyclic) bond motifs is 2. The molecule has 0 fully saturated rings. The molecule has 0 radical (unpaired) electrons. The van der Waals surface area contributed by atoms with Crippen molar-refractivity contribution in [1.82, 2.24) is 4.57 Å². The number of hydrogen-bond acceptors (Lipinski definition) is 6. The van der Waals surface area contributed by atoms with E-state index in [0.717, 1.165) is 22.3 Å². The molecule has 7 nitrogen and oxygen atoms in total. The molecule has 33 heavy (non-hydrogen) atoms. The zero-order chi connectivity index (χ0) is 23.4. The van der Waals surface area contributed by atoms with Crippen LogP contribution < -0.4 is 9.70 Å². The first-order valence-electron chi connectivity index (χ1n) is 10.9. The third-order valence-electron chi connectivity index (χ3n) is 5.37. The second-order valence-corrected chi connectivity index (χ2v) is 9.45. The van der Waals surface area contributed by atoms with Gasteiger partial charge in [0.1, 0.15) is 0 Å². The summed E-state index contributed by atoms with van der Waals surface area (Å²) in [5.41, 5.74) is 3.54. The van der Waals surface area contributed by atoms with Crippen LogP contribution in [0.5, 0.6) is 0 Å². The second-order valence-electron chi connectivity index (χ2n) is 7.45. The fraction of sp³-hybridized carbons (Fsp3) is 0.333. The van der Waals surface area contributed by atoms with E-state index in [1.807, 2.05) is 41.8 Å². The fourth-order valence-electron chi connectivity index (χ4n) is 3.85. The van der Waals surface area contributed by atoms with E-state index >= 15 is 0 Å². The molecule has 0 bridgehead atoms. The molecule has 0 atom stereocenters. The normalized spacial score (nSPS) is 13.4. The molecule has 0 spiro atoms. The van der Waals surface area contributed by atoms with Crippen molar-refractivity contribution in [3.63, 3.8) is 0 Å². The maximum Gasteiger partial charge on any atom is 0.338 e. The van der Waals surface area contributed by atoms with Gasteiger partial charge in [0.2, 0.25) is 5.91 Å². The van der Waals surface area contributed by atoms with Crippen molar-refractivity contribution in [3.05, 3.63) is 58.4 Å². The molecule has 3 aromatic rings. The van der Waals surface area contributed by atoms with Gasteiger partial charge in [0.25, 0.3) is 5.91 Å². The monoisotopic (exact) mass is 483 g/mol. The van der Waals surface area contributed by atoms with Crippen molar-refractivity contribution >= 4 is 56.8 Å². The number of anilines is 1. The molecule has 0 saturated carbocycles. The van der Waals surface area contributed by atoms with Crippen LogP contribution >= 0.6 is 23.1 Å². The summed E-state index contributed by atoms with van der Waals surface area (Å²) in [5, 5.41) is 0. The molecule has 1 aliphatic heterocycles. The van der Waals surface area contributed by atoms with Gasteiger partial charge in [0, 0.05) is 18.8 Å². The first-order valence-corrected chi connectivity index (χ1v) is 12.8. The number of aromatic nitrogens is 1. The molecule has 0 aliphatic carbocycles. The topological polar surface area (TPSA) is 81.0 Å². The van der Waals surface area contributed by atoms with E-state index in [2.05, 4.69) is 4.99 Å². The van der Waals surface area contributed by atoms with Crippen LogP contribution in [0.3, 0.4) is 0 Å². The Kier molecular flexibility index (Phi) is 7.29. The zero-order valence-corrected chi connectivity index (χ0v) is 20.2. The van der Waals surface area contributed by atoms with Crippen LogP contribution in [0, 0.1) is 0 Å². The molecular weight excluding hydrogens is 458 g/mol. The molecule has 2 aromatic carbocycles. The molecule has 2 heterocycles. The van der Waals surface area contributed by atoms with Crippen molar-refractivity contribution < 1.29 is 19.1 Å². The van der Waals surface area contributed by atoms with E-state index in [0.29, 0.717) is 30.1 Å². The van der Waals surface area contributed by atoms with Crippen molar-refractivity contribution in [3.8, 4) is 0 Å². The van der Waals surface area contributed by atoms with Gasteiger partial charge in [-0.25, -0.2) is 4.79 Å². The smallest absolute Gasteiger partial charge is 0.338 e. The lowest BCUT2D eigenvalue weighted by atomic mass is 10.2. The maximum atomic E-state index is 12.6. The fourth-order valence-corrected chi connectivity index (χ4v) is 5.67. The van der Waals surface area contributed by atoms with Gasteiger partial charge in [-0.1, -0.05) is 29.5 Å². The standard InChI is InChI=1S/C24H25N3O4S2/c1-3-26-19-10-9-17(23(30)31-4-2)13-20(19)33-24(26)25-21(28)14-32-15-22(29)27-12-11-16-7-5-6-8-18(16)27/h5-10,13H,3-4,11-12,14-15H2,1-2H3. The molecule has 1 aromatic heterocycles. The number of carbonyl (C=O) groups is 3. The van der Waals surface area contributed by atoms with Gasteiger partial charge in [0.15, 0.2) is 4.80 Å². The summed E-state index contributed by atoms with van der Waals surface area (Å²) in [5.74, 6) is -0.276. The minimum absolute atomic E-state index is 0.00901. The number of thiazole rings is 1. The van der Waals surface area contributed by atoms with Gasteiger partial charge in [-0.15, -0.1) is 11.8 Å². The number of amides is 2. The molecular formula is C24H25N3O4S2. The Morgan fingerprint density at radius 3 is 2.73 bits per heavy atom. The van der Waals surface area contributed by atoms with Crippen LogP contribution in [-0.4, -0.2) is 47.0 Å². The first-order chi connectivity index (χ1) is 16.0. The van der Waals surface area contributed by atoms with Gasteiger partial charge in [-0.2, -0.15) is 4.99 Å². The van der Waals surface area contributed by atoms with Gasteiger partial charge < -0.3 is 14.2 Å². The van der Waals surface area contributed by atoms with Crippen LogP contribution in [0.2, 0.25) is 0 Å². The number of esters is 1. The number of hydrogen-bond donors (Lipinski definition) is 0. The summed E-state index contributed by atoms with van der Waals surface area (Å²) < 4.78 is 7.89. The Morgan fingerprint density at radius 2 is 1.94 bits per heavy atom. The third-order valence-corrected chi connectivity index (χ3v) is 7.31. The van der Waals surface area contributed by atoms with E-state index in [1.165, 1.54) is 28.7 Å². The minimum atomic E-state index is -0.368. The highest BCUT2D eigenvalue weighted by molar-refractivity contribution is 8.00. The van der Waals surface area contributed by atoms with Gasteiger partial charge in [-0.3, -0.25) is 9.59 Å². The summed E-state index contributed by atoms with van der Waals surface area (Å²) in [7, 11) is 0. The highest BCUT2D eigenvalue weighted by atomic mass is 32.2. The quantitative estimate of drug-likeness (QED) is 0.479. The molecule has 2 amide bonds. The predicted octanol–water partition coefficient (Wildman–Crippen LogP) is 3.65. The molecule has 172 valence electrons. The number of aryl methyl sites for hydroxylation is 1. The molecule has 0 saturated heterocycles. The highest BCUT2D eigenvalue weighted by Crippen LogP contribution is 2.28. The number of ether oxygens (including phenoxy) is 1. The van der Waals surface area contributed by atoms with Crippen LogP contribution in [0.4, 0.5) is 5.69 Å². The minimum Gasteiger partial charge on any atom is -0.462 e. The van der Waals surface area contributed by atoms with E-state index in [4.69, 9.17) is 4.74 Å². The first kappa shape index (κ1) is 23.3. The number of rotatable bonds is 7. The van der Waals surface area contributed by atoms with Crippen LogP contribution in [0.25, 0.3) is 10.2 Å². The summed E-state index contributed by atoms with van der Waals surface area (Å²) in [6.45, 7) is 5.39. The molecule has 1 aliphatic rings. The van der Waals surface area contributed by atoms with Crippen LogP contribution in [0.1, 0.15) is 29.8 Å². The summed E-state index contributed by atoms with van der Waals surface area (Å²) >= 11 is 2.64. The molecule has 0 N–H and O–H groups in total. The highest BCUT2D eigenvalue weighted by Gasteiger charge is 2.24. The predicted molar refractivity (Wildman–Crippen MR) is 132 cm³/mol. The van der Waals surface area contributed by atoms with Crippen molar-refractivity contribution in [2.24, 2.45) is 4.99 Å². The Morgan fingerprint density at radius 1 is 1.12 bits per heavy atom. The van der Waals surface area contributed by atoms with E-state index in [-0.39, 0.29) is 29.3 Å². The third kappa shape index (κ3) is 5.04. The average molecular weight is 484 g/mol. The Hall–Kier alpha value is -2.91. The SMILES string of the molecule is CCOC(=O)c1ccc2c(c1)sc(=NC(=O)CSCC(=O)N1CCc3ccccc31)n2CC. The number of benzene rings is 2. The van der Waals surface area contributed by atoms with Crippen LogP contribution in [-0.2, 0) is 27.3 Å². The summed E-state index contributed by atoms with van der Waals surface area (Å²) in [6.07, 6.45) is 0.863. The lowest BCUT2D eigenvalue weighted by Crippen LogP contribution is -2.30. The maximum absolute atomic E-state index is 12.6. The number of carbonyl (C=O) groups excluding carboxylic acids is 3. The largest absolute Gasteiger partial charge is 0.462 e. The van der Waals surface area contributed by atoms with E-state index in [1.54, 1.807) is 24.0 Å². The number of nitrogens with zero attached hydrogens (tertiary/aromatic N) is 3. The van der Waals surface area contributed by atoms with Crippen molar-refractivity contribution in [2.75, 3.05) is 29.6 Å². The number of para-hydroxylation sites is 1. The van der Waals surface area contributed by atoms with Gasteiger partial charge in [-0.05, 0) is 50.1 Å². The number of thioether (sulfide) groups is 1. The molecule has 9 heteroatoms.